The number of nitrogens with one attached hydrogen (secondary N) is 2. The molecule has 2 N–H and O–H groups in total. The summed E-state index contributed by atoms with van der Waals surface area (Å²) in [5.74, 6) is -0.162. The molecule has 1 heterocycles. The number of anilines is 2. The quantitative estimate of drug-likeness (QED) is 0.881. The molecular weight excluding hydrogens is 282 g/mol. The summed E-state index contributed by atoms with van der Waals surface area (Å²) in [5, 5.41) is 13.0. The molecule has 22 heavy (non-hydrogen) atoms. The second-order valence-electron chi connectivity index (χ2n) is 5.36. The van der Waals surface area contributed by atoms with E-state index in [1.807, 2.05) is 31.2 Å². The summed E-state index contributed by atoms with van der Waals surface area (Å²) in [6.45, 7) is 5.55. The lowest BCUT2D eigenvalue weighted by atomic mass is 10.2. The van der Waals surface area contributed by atoms with Gasteiger partial charge in [0.2, 0.25) is 11.8 Å². The number of carbonyl (C=O) groups is 2. The Hall–Kier alpha value is -2.70. The SMILES string of the molecule is Cc1cccc(NC(=O)Cn2cc(NC(=O)C(C)C)nn2)c1. The van der Waals surface area contributed by atoms with Crippen molar-refractivity contribution in [2.45, 2.75) is 27.3 Å². The molecule has 116 valence electrons. The van der Waals surface area contributed by atoms with Crippen molar-refractivity contribution in [2.24, 2.45) is 5.92 Å². The molecule has 0 bridgehead atoms. The molecule has 0 aliphatic rings. The van der Waals surface area contributed by atoms with Crippen LogP contribution in [0.1, 0.15) is 19.4 Å². The highest BCUT2D eigenvalue weighted by molar-refractivity contribution is 5.91. The molecule has 2 amide bonds. The summed E-state index contributed by atoms with van der Waals surface area (Å²) >= 11 is 0. The van der Waals surface area contributed by atoms with Crippen molar-refractivity contribution in [3.05, 3.63) is 36.0 Å². The first-order chi connectivity index (χ1) is 10.4. The van der Waals surface area contributed by atoms with Crippen molar-refractivity contribution in [1.82, 2.24) is 15.0 Å². The second-order valence-corrected chi connectivity index (χ2v) is 5.36. The Morgan fingerprint density at radius 3 is 2.73 bits per heavy atom. The van der Waals surface area contributed by atoms with E-state index >= 15 is 0 Å². The number of aryl methyl sites for hydroxylation is 1. The van der Waals surface area contributed by atoms with E-state index in [1.54, 1.807) is 13.8 Å². The summed E-state index contributed by atoms with van der Waals surface area (Å²) < 4.78 is 1.38. The number of amides is 2. The number of rotatable bonds is 5. The summed E-state index contributed by atoms with van der Waals surface area (Å²) in [6.07, 6.45) is 1.52. The van der Waals surface area contributed by atoms with Crippen LogP contribution in [-0.4, -0.2) is 26.8 Å². The van der Waals surface area contributed by atoms with Gasteiger partial charge in [-0.1, -0.05) is 31.2 Å². The first-order valence-corrected chi connectivity index (χ1v) is 7.01. The molecule has 2 aromatic rings. The van der Waals surface area contributed by atoms with Crippen molar-refractivity contribution in [1.29, 1.82) is 0 Å². The minimum Gasteiger partial charge on any atom is -0.324 e. The van der Waals surface area contributed by atoms with Crippen molar-refractivity contribution < 1.29 is 9.59 Å². The van der Waals surface area contributed by atoms with Gasteiger partial charge >= 0.3 is 0 Å². The number of aromatic nitrogens is 3. The molecule has 0 radical (unpaired) electrons. The normalized spacial score (nSPS) is 10.5. The third kappa shape index (κ3) is 4.41. The highest BCUT2D eigenvalue weighted by atomic mass is 16.2. The van der Waals surface area contributed by atoms with E-state index in [9.17, 15) is 9.59 Å². The predicted octanol–water partition coefficient (Wildman–Crippen LogP) is 1.82. The fourth-order valence-corrected chi connectivity index (χ4v) is 1.77. The lowest BCUT2D eigenvalue weighted by molar-refractivity contribution is -0.119. The van der Waals surface area contributed by atoms with Gasteiger partial charge in [-0.25, -0.2) is 4.68 Å². The monoisotopic (exact) mass is 301 g/mol. The molecule has 0 unspecified atom stereocenters. The molecule has 0 saturated carbocycles. The zero-order valence-corrected chi connectivity index (χ0v) is 12.8. The van der Waals surface area contributed by atoms with Crippen LogP contribution >= 0.6 is 0 Å². The minimum atomic E-state index is -0.211. The Balaban J connectivity index is 1.92. The van der Waals surface area contributed by atoms with Crippen molar-refractivity contribution in [2.75, 3.05) is 10.6 Å². The van der Waals surface area contributed by atoms with E-state index in [2.05, 4.69) is 20.9 Å². The maximum Gasteiger partial charge on any atom is 0.246 e. The van der Waals surface area contributed by atoms with E-state index in [4.69, 9.17) is 0 Å². The first-order valence-electron chi connectivity index (χ1n) is 7.01. The molecule has 0 aliphatic carbocycles. The van der Waals surface area contributed by atoms with Crippen LogP contribution in [0.4, 0.5) is 11.5 Å². The average molecular weight is 301 g/mol. The van der Waals surface area contributed by atoms with Crippen LogP contribution in [-0.2, 0) is 16.1 Å². The molecule has 0 spiro atoms. The third-order valence-electron chi connectivity index (χ3n) is 2.92. The lowest BCUT2D eigenvalue weighted by Crippen LogP contribution is -2.19. The first kappa shape index (κ1) is 15.7. The zero-order chi connectivity index (χ0) is 16.1. The van der Waals surface area contributed by atoms with E-state index in [0.717, 1.165) is 11.3 Å². The van der Waals surface area contributed by atoms with Crippen LogP contribution in [0.5, 0.6) is 0 Å². The maximum absolute atomic E-state index is 11.9. The molecule has 0 saturated heterocycles. The van der Waals surface area contributed by atoms with Crippen LogP contribution in [0, 0.1) is 12.8 Å². The van der Waals surface area contributed by atoms with E-state index in [1.165, 1.54) is 10.9 Å². The minimum absolute atomic E-state index is 0.0263. The molecule has 1 aromatic carbocycles. The van der Waals surface area contributed by atoms with Gasteiger partial charge in [0.15, 0.2) is 5.82 Å². The van der Waals surface area contributed by atoms with Gasteiger partial charge in [-0.2, -0.15) is 0 Å². The third-order valence-corrected chi connectivity index (χ3v) is 2.92. The maximum atomic E-state index is 11.9. The van der Waals surface area contributed by atoms with Gasteiger partial charge < -0.3 is 10.6 Å². The van der Waals surface area contributed by atoms with Gasteiger partial charge in [0.1, 0.15) is 6.54 Å². The van der Waals surface area contributed by atoms with Gasteiger partial charge in [-0.15, -0.1) is 5.10 Å². The van der Waals surface area contributed by atoms with Crippen LogP contribution in [0.3, 0.4) is 0 Å². The van der Waals surface area contributed by atoms with Crippen LogP contribution < -0.4 is 10.6 Å². The number of hydrogen-bond donors (Lipinski definition) is 2. The van der Waals surface area contributed by atoms with Gasteiger partial charge in [0.25, 0.3) is 0 Å². The summed E-state index contributed by atoms with van der Waals surface area (Å²) in [6, 6.07) is 7.53. The number of nitrogens with zero attached hydrogens (tertiary/aromatic N) is 3. The molecule has 0 fully saturated rings. The highest BCUT2D eigenvalue weighted by Crippen LogP contribution is 2.09. The van der Waals surface area contributed by atoms with E-state index < -0.39 is 0 Å². The van der Waals surface area contributed by atoms with Crippen LogP contribution in [0.15, 0.2) is 30.5 Å². The Labute approximate surface area is 128 Å². The van der Waals surface area contributed by atoms with Crippen molar-refractivity contribution in [3.8, 4) is 0 Å². The van der Waals surface area contributed by atoms with Gasteiger partial charge in [0, 0.05) is 11.6 Å². The Bertz CT molecular complexity index is 678. The smallest absolute Gasteiger partial charge is 0.246 e. The van der Waals surface area contributed by atoms with E-state index in [-0.39, 0.29) is 24.3 Å². The zero-order valence-electron chi connectivity index (χ0n) is 12.8. The molecule has 1 aromatic heterocycles. The second kappa shape index (κ2) is 6.84. The molecule has 0 atom stereocenters. The van der Waals surface area contributed by atoms with Gasteiger partial charge in [-0.3, -0.25) is 9.59 Å². The predicted molar refractivity (Wildman–Crippen MR) is 83.3 cm³/mol. The van der Waals surface area contributed by atoms with E-state index in [0.29, 0.717) is 5.82 Å². The average Bonchev–Trinajstić information content (AvgIpc) is 2.85. The topological polar surface area (TPSA) is 88.9 Å². The van der Waals surface area contributed by atoms with Crippen molar-refractivity contribution >= 4 is 23.3 Å². The summed E-state index contributed by atoms with van der Waals surface area (Å²) in [7, 11) is 0. The van der Waals surface area contributed by atoms with Gasteiger partial charge in [0.05, 0.1) is 6.20 Å². The number of benzene rings is 1. The van der Waals surface area contributed by atoms with Gasteiger partial charge in [-0.05, 0) is 24.6 Å². The summed E-state index contributed by atoms with van der Waals surface area (Å²) in [4.78, 5) is 23.5. The largest absolute Gasteiger partial charge is 0.324 e. The highest BCUT2D eigenvalue weighted by Gasteiger charge is 2.11. The Kier molecular flexibility index (Phi) is 4.88. The Morgan fingerprint density at radius 1 is 1.27 bits per heavy atom. The standard InChI is InChI=1S/C15H19N5O2/c1-10(2)15(22)17-13-8-20(19-18-13)9-14(21)16-12-6-4-5-11(3)7-12/h4-8,10H,9H2,1-3H3,(H,16,21)(H,17,22). The number of carbonyl (C=O) groups excluding carboxylic acids is 2. The summed E-state index contributed by atoms with van der Waals surface area (Å²) in [5.41, 5.74) is 1.80. The Morgan fingerprint density at radius 2 is 2.05 bits per heavy atom. The molecule has 2 rings (SSSR count). The molecular formula is C15H19N5O2. The fraction of sp³-hybridized carbons (Fsp3) is 0.333. The number of hydrogen-bond acceptors (Lipinski definition) is 4. The molecule has 7 heteroatoms. The van der Waals surface area contributed by atoms with Crippen molar-refractivity contribution in [3.63, 3.8) is 0 Å². The molecule has 7 nitrogen and oxygen atoms in total. The fourth-order valence-electron chi connectivity index (χ4n) is 1.77. The lowest BCUT2D eigenvalue weighted by Gasteiger charge is -2.05. The van der Waals surface area contributed by atoms with Crippen LogP contribution in [0.25, 0.3) is 0 Å². The van der Waals surface area contributed by atoms with Crippen LogP contribution in [0.2, 0.25) is 0 Å². The molecule has 0 aliphatic heterocycles.